The first-order chi connectivity index (χ1) is 8.62. The summed E-state index contributed by atoms with van der Waals surface area (Å²) in [5.41, 5.74) is 2.54. The fourth-order valence-corrected chi connectivity index (χ4v) is 1.98. The molecule has 3 nitrogen and oxygen atoms in total. The minimum absolute atomic E-state index is 0.185. The van der Waals surface area contributed by atoms with E-state index in [0.717, 1.165) is 12.8 Å². The van der Waals surface area contributed by atoms with Gasteiger partial charge in [-0.15, -0.1) is 0 Å². The zero-order valence-electron chi connectivity index (χ0n) is 11.7. The summed E-state index contributed by atoms with van der Waals surface area (Å²) in [6, 6.07) is 8.44. The van der Waals surface area contributed by atoms with Gasteiger partial charge in [-0.25, -0.2) is 0 Å². The third-order valence-electron chi connectivity index (χ3n) is 3.20. The molecule has 1 aromatic carbocycles. The van der Waals surface area contributed by atoms with Crippen LogP contribution in [-0.4, -0.2) is 19.1 Å². The van der Waals surface area contributed by atoms with Crippen LogP contribution in [0.5, 0.6) is 0 Å². The van der Waals surface area contributed by atoms with Crippen LogP contribution in [0.15, 0.2) is 24.3 Å². The van der Waals surface area contributed by atoms with Gasteiger partial charge in [0.25, 0.3) is 0 Å². The van der Waals surface area contributed by atoms with E-state index >= 15 is 0 Å². The SMILES string of the molecule is CCc1ccc(C(CC)N[C@@H](C)C(=O)OC)cc1. The average molecular weight is 249 g/mol. The number of benzene rings is 1. The standard InChI is InChI=1S/C15H23NO2/c1-5-12-7-9-13(10-8-12)14(6-2)16-11(3)15(17)18-4/h7-11,14,16H,5-6H2,1-4H3/t11-,14?/m0/s1. The van der Waals surface area contributed by atoms with Crippen molar-refractivity contribution in [2.75, 3.05) is 7.11 Å². The molecule has 1 rings (SSSR count). The van der Waals surface area contributed by atoms with Crippen molar-refractivity contribution in [1.82, 2.24) is 5.32 Å². The molecule has 0 saturated carbocycles. The van der Waals surface area contributed by atoms with Crippen molar-refractivity contribution in [2.24, 2.45) is 0 Å². The number of carbonyl (C=O) groups excluding carboxylic acids is 1. The summed E-state index contributed by atoms with van der Waals surface area (Å²) in [6.07, 6.45) is 1.98. The molecular formula is C15H23NO2. The number of nitrogens with one attached hydrogen (secondary N) is 1. The predicted molar refractivity (Wildman–Crippen MR) is 73.5 cm³/mol. The predicted octanol–water partition coefficient (Wildman–Crippen LogP) is 2.85. The van der Waals surface area contributed by atoms with E-state index in [4.69, 9.17) is 4.74 Å². The molecule has 1 aromatic rings. The van der Waals surface area contributed by atoms with E-state index in [0.29, 0.717) is 0 Å². The highest BCUT2D eigenvalue weighted by atomic mass is 16.5. The van der Waals surface area contributed by atoms with E-state index in [1.807, 2.05) is 6.92 Å². The molecule has 0 fully saturated rings. The zero-order chi connectivity index (χ0) is 13.5. The molecule has 0 aliphatic carbocycles. The normalized spacial score (nSPS) is 14.0. The van der Waals surface area contributed by atoms with Gasteiger partial charge in [-0.1, -0.05) is 38.1 Å². The largest absolute Gasteiger partial charge is 0.468 e. The molecule has 1 N–H and O–H groups in total. The molecule has 0 aliphatic rings. The minimum atomic E-state index is -0.286. The summed E-state index contributed by atoms with van der Waals surface area (Å²) < 4.78 is 4.73. The van der Waals surface area contributed by atoms with Crippen molar-refractivity contribution in [1.29, 1.82) is 0 Å². The molecular weight excluding hydrogens is 226 g/mol. The monoisotopic (exact) mass is 249 g/mol. The smallest absolute Gasteiger partial charge is 0.322 e. The molecule has 0 aliphatic heterocycles. The Labute approximate surface area is 110 Å². The van der Waals surface area contributed by atoms with Crippen LogP contribution >= 0.6 is 0 Å². The third-order valence-corrected chi connectivity index (χ3v) is 3.20. The maximum Gasteiger partial charge on any atom is 0.322 e. The molecule has 0 amide bonds. The van der Waals surface area contributed by atoms with Crippen molar-refractivity contribution < 1.29 is 9.53 Å². The number of esters is 1. The quantitative estimate of drug-likeness (QED) is 0.788. The molecule has 0 bridgehead atoms. The Bertz CT molecular complexity index is 373. The Balaban J connectivity index is 2.73. The minimum Gasteiger partial charge on any atom is -0.468 e. The van der Waals surface area contributed by atoms with Gasteiger partial charge < -0.3 is 4.74 Å². The fourth-order valence-electron chi connectivity index (χ4n) is 1.98. The Hall–Kier alpha value is -1.35. The van der Waals surface area contributed by atoms with Crippen LogP contribution in [0, 0.1) is 0 Å². The topological polar surface area (TPSA) is 38.3 Å². The number of carbonyl (C=O) groups is 1. The first-order valence-electron chi connectivity index (χ1n) is 6.55. The summed E-state index contributed by atoms with van der Waals surface area (Å²) >= 11 is 0. The van der Waals surface area contributed by atoms with Gasteiger partial charge >= 0.3 is 5.97 Å². The Morgan fingerprint density at radius 2 is 1.89 bits per heavy atom. The van der Waals surface area contributed by atoms with Gasteiger partial charge in [0.2, 0.25) is 0 Å². The second-order valence-electron chi connectivity index (χ2n) is 4.47. The third kappa shape index (κ3) is 3.84. The highest BCUT2D eigenvalue weighted by Gasteiger charge is 2.18. The summed E-state index contributed by atoms with van der Waals surface area (Å²) in [4.78, 5) is 11.4. The maximum atomic E-state index is 11.4. The van der Waals surface area contributed by atoms with Gasteiger partial charge in [-0.2, -0.15) is 0 Å². The average Bonchev–Trinajstić information content (AvgIpc) is 2.43. The van der Waals surface area contributed by atoms with E-state index in [2.05, 4.69) is 43.4 Å². The van der Waals surface area contributed by atoms with Gasteiger partial charge in [0.1, 0.15) is 6.04 Å². The number of hydrogen-bond acceptors (Lipinski definition) is 3. The highest BCUT2D eigenvalue weighted by Crippen LogP contribution is 2.18. The molecule has 0 saturated heterocycles. The van der Waals surface area contributed by atoms with Crippen LogP contribution in [0.25, 0.3) is 0 Å². The van der Waals surface area contributed by atoms with Crippen molar-refractivity contribution >= 4 is 5.97 Å². The van der Waals surface area contributed by atoms with Gasteiger partial charge in [-0.3, -0.25) is 10.1 Å². The molecule has 100 valence electrons. The Kier molecular flexibility index (Phi) is 5.86. The number of hydrogen-bond donors (Lipinski definition) is 1. The first-order valence-corrected chi connectivity index (χ1v) is 6.55. The molecule has 1 unspecified atom stereocenters. The van der Waals surface area contributed by atoms with Crippen molar-refractivity contribution in [3.63, 3.8) is 0 Å². The molecule has 0 radical (unpaired) electrons. The van der Waals surface area contributed by atoms with Gasteiger partial charge in [0.05, 0.1) is 7.11 Å². The lowest BCUT2D eigenvalue weighted by Crippen LogP contribution is -2.37. The second kappa shape index (κ2) is 7.17. The summed E-state index contributed by atoms with van der Waals surface area (Å²) in [5.74, 6) is -0.223. The Morgan fingerprint density at radius 1 is 1.28 bits per heavy atom. The highest BCUT2D eigenvalue weighted by molar-refractivity contribution is 5.75. The van der Waals surface area contributed by atoms with Crippen molar-refractivity contribution in [3.8, 4) is 0 Å². The van der Waals surface area contributed by atoms with Crippen LogP contribution in [0.4, 0.5) is 0 Å². The van der Waals surface area contributed by atoms with Crippen molar-refractivity contribution in [2.45, 2.75) is 45.7 Å². The molecule has 0 aromatic heterocycles. The van der Waals surface area contributed by atoms with Gasteiger partial charge in [0.15, 0.2) is 0 Å². The van der Waals surface area contributed by atoms with E-state index in [1.54, 1.807) is 0 Å². The van der Waals surface area contributed by atoms with Crippen LogP contribution in [0.3, 0.4) is 0 Å². The van der Waals surface area contributed by atoms with Gasteiger partial charge in [-0.05, 0) is 30.9 Å². The summed E-state index contributed by atoms with van der Waals surface area (Å²) in [7, 11) is 1.41. The maximum absolute atomic E-state index is 11.4. The van der Waals surface area contributed by atoms with Crippen LogP contribution in [0.2, 0.25) is 0 Å². The lowest BCUT2D eigenvalue weighted by molar-refractivity contribution is -0.142. The lowest BCUT2D eigenvalue weighted by Gasteiger charge is -2.21. The molecule has 3 heteroatoms. The van der Waals surface area contributed by atoms with Crippen LogP contribution in [0.1, 0.15) is 44.4 Å². The zero-order valence-corrected chi connectivity index (χ0v) is 11.7. The molecule has 2 atom stereocenters. The van der Waals surface area contributed by atoms with E-state index in [1.165, 1.54) is 18.2 Å². The van der Waals surface area contributed by atoms with E-state index in [9.17, 15) is 4.79 Å². The van der Waals surface area contributed by atoms with Crippen LogP contribution < -0.4 is 5.32 Å². The number of rotatable bonds is 6. The second-order valence-corrected chi connectivity index (χ2v) is 4.47. The van der Waals surface area contributed by atoms with Crippen LogP contribution in [-0.2, 0) is 16.0 Å². The Morgan fingerprint density at radius 3 is 2.33 bits per heavy atom. The number of ether oxygens (including phenoxy) is 1. The first kappa shape index (κ1) is 14.7. The summed E-state index contributed by atoms with van der Waals surface area (Å²) in [5, 5.41) is 3.30. The molecule has 0 heterocycles. The molecule has 0 spiro atoms. The molecule has 18 heavy (non-hydrogen) atoms. The van der Waals surface area contributed by atoms with E-state index in [-0.39, 0.29) is 18.1 Å². The fraction of sp³-hybridized carbons (Fsp3) is 0.533. The van der Waals surface area contributed by atoms with E-state index < -0.39 is 0 Å². The lowest BCUT2D eigenvalue weighted by atomic mass is 10.0. The summed E-state index contributed by atoms with van der Waals surface area (Å²) in [6.45, 7) is 6.08. The number of aryl methyl sites for hydroxylation is 1. The van der Waals surface area contributed by atoms with Gasteiger partial charge in [0, 0.05) is 6.04 Å². The van der Waals surface area contributed by atoms with Crippen molar-refractivity contribution in [3.05, 3.63) is 35.4 Å². The number of methoxy groups -OCH3 is 1.